The summed E-state index contributed by atoms with van der Waals surface area (Å²) in [7, 11) is -2.63. The minimum atomic E-state index is -4.20. The monoisotopic (exact) mass is 498 g/mol. The Morgan fingerprint density at radius 1 is 1.00 bits per heavy atom. The van der Waals surface area contributed by atoms with Crippen LogP contribution in [0.15, 0.2) is 77.7 Å². The van der Waals surface area contributed by atoms with Crippen molar-refractivity contribution in [1.82, 2.24) is 5.32 Å². The number of rotatable bonds is 10. The third kappa shape index (κ3) is 6.60. The van der Waals surface area contributed by atoms with Crippen LogP contribution in [0.1, 0.15) is 37.4 Å². The Hall–Kier alpha value is -3.39. The van der Waals surface area contributed by atoms with E-state index in [-0.39, 0.29) is 22.5 Å². The zero-order chi connectivity index (χ0) is 25.6. The molecule has 0 saturated heterocycles. The number of para-hydroxylation sites is 1. The predicted octanol–water partition coefficient (Wildman–Crippen LogP) is 5.24. The summed E-state index contributed by atoms with van der Waals surface area (Å²) in [6.45, 7) is 5.35. The second kappa shape index (κ2) is 11.4. The molecule has 3 rings (SSSR count). The van der Waals surface area contributed by atoms with E-state index in [1.165, 1.54) is 36.4 Å². The summed E-state index contributed by atoms with van der Waals surface area (Å²) in [5, 5.41) is 2.95. The number of sulfonamides is 1. The van der Waals surface area contributed by atoms with Gasteiger partial charge in [-0.05, 0) is 61.2 Å². The van der Waals surface area contributed by atoms with Crippen LogP contribution in [0.25, 0.3) is 0 Å². The highest BCUT2D eigenvalue weighted by Gasteiger charge is 2.30. The van der Waals surface area contributed by atoms with E-state index in [0.717, 1.165) is 15.4 Å². The van der Waals surface area contributed by atoms with Gasteiger partial charge in [0.25, 0.3) is 10.0 Å². The quantitative estimate of drug-likeness (QED) is 0.415. The molecule has 3 aromatic rings. The molecule has 1 amide bonds. The van der Waals surface area contributed by atoms with Gasteiger partial charge < -0.3 is 10.1 Å². The molecule has 0 aliphatic heterocycles. The number of hydrogen-bond donors (Lipinski definition) is 1. The van der Waals surface area contributed by atoms with Crippen molar-refractivity contribution in [3.63, 3.8) is 0 Å². The Kier molecular flexibility index (Phi) is 8.51. The summed E-state index contributed by atoms with van der Waals surface area (Å²) < 4.78 is 47.8. The first-order valence-corrected chi connectivity index (χ1v) is 12.8. The van der Waals surface area contributed by atoms with Gasteiger partial charge in [-0.25, -0.2) is 12.8 Å². The topological polar surface area (TPSA) is 75.7 Å². The fourth-order valence-corrected chi connectivity index (χ4v) is 5.18. The average Bonchev–Trinajstić information content (AvgIpc) is 2.82. The molecule has 0 aliphatic rings. The van der Waals surface area contributed by atoms with E-state index in [0.29, 0.717) is 12.2 Å². The number of nitrogens with zero attached hydrogens (tertiary/aromatic N) is 1. The lowest BCUT2D eigenvalue weighted by Gasteiger charge is -2.27. The van der Waals surface area contributed by atoms with Gasteiger partial charge in [0.1, 0.15) is 18.1 Å². The highest BCUT2D eigenvalue weighted by atomic mass is 32.2. The van der Waals surface area contributed by atoms with E-state index in [1.807, 2.05) is 45.0 Å². The molecule has 3 aromatic carbocycles. The Morgan fingerprint density at radius 2 is 1.63 bits per heavy atom. The van der Waals surface area contributed by atoms with E-state index in [2.05, 4.69) is 5.32 Å². The van der Waals surface area contributed by atoms with Crippen LogP contribution in [-0.2, 0) is 14.8 Å². The van der Waals surface area contributed by atoms with E-state index >= 15 is 0 Å². The molecule has 1 atom stereocenters. The van der Waals surface area contributed by atoms with Crippen molar-refractivity contribution in [2.45, 2.75) is 38.1 Å². The van der Waals surface area contributed by atoms with Gasteiger partial charge in [-0.1, -0.05) is 55.8 Å². The molecule has 6 nitrogen and oxygen atoms in total. The third-order valence-corrected chi connectivity index (χ3v) is 7.35. The van der Waals surface area contributed by atoms with Crippen LogP contribution in [0.2, 0.25) is 0 Å². The van der Waals surface area contributed by atoms with Gasteiger partial charge in [0.2, 0.25) is 5.91 Å². The number of aryl methyl sites for hydroxylation is 1. The molecule has 186 valence electrons. The molecule has 8 heteroatoms. The first-order valence-electron chi connectivity index (χ1n) is 11.4. The van der Waals surface area contributed by atoms with Gasteiger partial charge in [0, 0.05) is 0 Å². The number of methoxy groups -OCH3 is 1. The molecule has 0 aliphatic carbocycles. The van der Waals surface area contributed by atoms with Crippen LogP contribution in [0, 0.1) is 18.7 Å². The van der Waals surface area contributed by atoms with Crippen molar-refractivity contribution in [3.05, 3.63) is 89.7 Å². The molecule has 0 radical (unpaired) electrons. The van der Waals surface area contributed by atoms with E-state index in [9.17, 15) is 17.6 Å². The molecule has 1 N–H and O–H groups in total. The predicted molar refractivity (Wildman–Crippen MR) is 135 cm³/mol. The molecule has 0 saturated carbocycles. The molecule has 0 bridgehead atoms. The van der Waals surface area contributed by atoms with E-state index in [4.69, 9.17) is 4.74 Å². The Labute approximate surface area is 206 Å². The van der Waals surface area contributed by atoms with Gasteiger partial charge in [-0.15, -0.1) is 0 Å². The van der Waals surface area contributed by atoms with Gasteiger partial charge in [-0.3, -0.25) is 9.10 Å². The number of anilines is 1. The van der Waals surface area contributed by atoms with Crippen LogP contribution < -0.4 is 14.4 Å². The van der Waals surface area contributed by atoms with Crippen molar-refractivity contribution in [3.8, 4) is 5.75 Å². The number of benzene rings is 3. The summed E-state index contributed by atoms with van der Waals surface area (Å²) in [5.74, 6) is -0.310. The van der Waals surface area contributed by atoms with Crippen molar-refractivity contribution >= 4 is 21.6 Å². The summed E-state index contributed by atoms with van der Waals surface area (Å²) >= 11 is 0. The number of amides is 1. The van der Waals surface area contributed by atoms with Gasteiger partial charge in [0.15, 0.2) is 0 Å². The SMILES string of the molecule is COc1ccc([C@H](CC(C)C)NC(=O)CN(c2ccccc2F)S(=O)(=O)c2ccc(C)cc2)cc1. The normalized spacial score (nSPS) is 12.3. The summed E-state index contributed by atoms with van der Waals surface area (Å²) in [6, 6.07) is 18.8. The lowest BCUT2D eigenvalue weighted by molar-refractivity contribution is -0.120. The summed E-state index contributed by atoms with van der Waals surface area (Å²) in [6.07, 6.45) is 0.641. The summed E-state index contributed by atoms with van der Waals surface area (Å²) in [4.78, 5) is 13.2. The van der Waals surface area contributed by atoms with Crippen molar-refractivity contribution in [2.24, 2.45) is 5.92 Å². The second-order valence-corrected chi connectivity index (χ2v) is 10.7. The lowest BCUT2D eigenvalue weighted by Crippen LogP contribution is -2.42. The van der Waals surface area contributed by atoms with Crippen molar-refractivity contribution in [2.75, 3.05) is 18.0 Å². The number of ether oxygens (including phenoxy) is 1. The summed E-state index contributed by atoms with van der Waals surface area (Å²) in [5.41, 5.74) is 1.56. The smallest absolute Gasteiger partial charge is 0.264 e. The van der Waals surface area contributed by atoms with Gasteiger partial charge in [0.05, 0.1) is 23.7 Å². The minimum Gasteiger partial charge on any atom is -0.497 e. The van der Waals surface area contributed by atoms with Crippen molar-refractivity contribution in [1.29, 1.82) is 0 Å². The fourth-order valence-electron chi connectivity index (χ4n) is 3.75. The fraction of sp³-hybridized carbons (Fsp3) is 0.296. The van der Waals surface area contributed by atoms with Crippen LogP contribution in [-0.4, -0.2) is 28.0 Å². The second-order valence-electron chi connectivity index (χ2n) is 8.80. The van der Waals surface area contributed by atoms with E-state index in [1.54, 1.807) is 19.2 Å². The van der Waals surface area contributed by atoms with Crippen LogP contribution in [0.3, 0.4) is 0 Å². The number of halogens is 1. The molecule has 0 unspecified atom stereocenters. The molecule has 0 fully saturated rings. The molecular weight excluding hydrogens is 467 g/mol. The van der Waals surface area contributed by atoms with Crippen LogP contribution >= 0.6 is 0 Å². The molecular formula is C27H31FN2O4S. The largest absolute Gasteiger partial charge is 0.497 e. The Morgan fingerprint density at radius 3 is 2.20 bits per heavy atom. The van der Waals surface area contributed by atoms with Crippen LogP contribution in [0.4, 0.5) is 10.1 Å². The number of carbonyl (C=O) groups is 1. The lowest BCUT2D eigenvalue weighted by atomic mass is 9.97. The van der Waals surface area contributed by atoms with Gasteiger partial charge in [-0.2, -0.15) is 0 Å². The number of hydrogen-bond acceptors (Lipinski definition) is 4. The third-order valence-electron chi connectivity index (χ3n) is 5.58. The number of nitrogens with one attached hydrogen (secondary N) is 1. The Balaban J connectivity index is 1.93. The first-order chi connectivity index (χ1) is 16.6. The maximum absolute atomic E-state index is 14.7. The molecule has 0 heterocycles. The highest BCUT2D eigenvalue weighted by Crippen LogP contribution is 2.27. The van der Waals surface area contributed by atoms with Crippen molar-refractivity contribution < 1.29 is 22.3 Å². The maximum Gasteiger partial charge on any atom is 0.264 e. The first kappa shape index (κ1) is 26.2. The zero-order valence-corrected chi connectivity index (χ0v) is 21.2. The van der Waals surface area contributed by atoms with E-state index < -0.39 is 28.3 Å². The molecule has 35 heavy (non-hydrogen) atoms. The number of carbonyl (C=O) groups excluding carboxylic acids is 1. The van der Waals surface area contributed by atoms with Gasteiger partial charge >= 0.3 is 0 Å². The standard InChI is InChI=1S/C27H31FN2O4S/c1-19(2)17-25(21-11-13-22(34-4)14-12-21)29-27(31)18-30(26-8-6-5-7-24(26)28)35(32,33)23-15-9-20(3)10-16-23/h5-16,19,25H,17-18H2,1-4H3,(H,29,31)/t25-/m0/s1. The average molecular weight is 499 g/mol. The minimum absolute atomic E-state index is 0.0203. The molecule has 0 spiro atoms. The maximum atomic E-state index is 14.7. The highest BCUT2D eigenvalue weighted by molar-refractivity contribution is 7.92. The van der Waals surface area contributed by atoms with Crippen LogP contribution in [0.5, 0.6) is 5.75 Å². The Bertz CT molecular complexity index is 1240. The zero-order valence-electron chi connectivity index (χ0n) is 20.4. The molecule has 0 aromatic heterocycles.